The van der Waals surface area contributed by atoms with Crippen LogP contribution in [0.4, 0.5) is 0 Å². The monoisotopic (exact) mass is 289 g/mol. The molecule has 0 spiro atoms. The van der Waals surface area contributed by atoms with Gasteiger partial charge in [-0.15, -0.1) is 0 Å². The van der Waals surface area contributed by atoms with E-state index in [4.69, 9.17) is 0 Å². The van der Waals surface area contributed by atoms with Crippen LogP contribution in [0.5, 0.6) is 0 Å². The molecule has 0 aromatic heterocycles. The molecule has 0 amide bonds. The molecule has 0 saturated heterocycles. The van der Waals surface area contributed by atoms with Crippen LogP contribution in [0.15, 0.2) is 24.3 Å². The van der Waals surface area contributed by atoms with Gasteiger partial charge in [0.05, 0.1) is 6.10 Å². The minimum atomic E-state index is -0.334. The van der Waals surface area contributed by atoms with Crippen molar-refractivity contribution in [3.8, 4) is 0 Å². The summed E-state index contributed by atoms with van der Waals surface area (Å²) in [6, 6.07) is 8.55. The summed E-state index contributed by atoms with van der Waals surface area (Å²) in [7, 11) is 0. The molecule has 1 aliphatic rings. The SMILES string of the molecule is CCCCCCCCCNC1CCc2ccccc2C1O. The van der Waals surface area contributed by atoms with Gasteiger partial charge in [-0.3, -0.25) is 0 Å². The van der Waals surface area contributed by atoms with Crippen molar-refractivity contribution < 1.29 is 5.11 Å². The summed E-state index contributed by atoms with van der Waals surface area (Å²) in [4.78, 5) is 0. The molecule has 21 heavy (non-hydrogen) atoms. The summed E-state index contributed by atoms with van der Waals surface area (Å²) < 4.78 is 0. The zero-order valence-electron chi connectivity index (χ0n) is 13.5. The first kappa shape index (κ1) is 16.5. The molecule has 0 saturated carbocycles. The Morgan fingerprint density at radius 1 is 1.05 bits per heavy atom. The smallest absolute Gasteiger partial charge is 0.0945 e. The highest BCUT2D eigenvalue weighted by molar-refractivity contribution is 5.32. The number of unbranched alkanes of at least 4 members (excludes halogenated alkanes) is 6. The van der Waals surface area contributed by atoms with Gasteiger partial charge in [0.25, 0.3) is 0 Å². The number of hydrogen-bond donors (Lipinski definition) is 2. The second kappa shape index (κ2) is 9.22. The normalized spacial score (nSPS) is 21.2. The maximum absolute atomic E-state index is 10.5. The standard InChI is InChI=1S/C19H31NO/c1-2-3-4-5-6-7-10-15-20-18-14-13-16-11-8-9-12-17(16)19(18)21/h8-9,11-12,18-21H,2-7,10,13-15H2,1H3. The molecular formula is C19H31NO. The van der Waals surface area contributed by atoms with Crippen LogP contribution in [0.3, 0.4) is 0 Å². The van der Waals surface area contributed by atoms with E-state index in [1.165, 1.54) is 50.5 Å². The van der Waals surface area contributed by atoms with Crippen molar-refractivity contribution in [1.29, 1.82) is 0 Å². The third kappa shape index (κ3) is 5.12. The van der Waals surface area contributed by atoms with Crippen LogP contribution in [0.2, 0.25) is 0 Å². The van der Waals surface area contributed by atoms with E-state index in [1.807, 2.05) is 6.07 Å². The lowest BCUT2D eigenvalue weighted by Gasteiger charge is -2.30. The molecule has 1 aromatic rings. The Morgan fingerprint density at radius 2 is 1.76 bits per heavy atom. The van der Waals surface area contributed by atoms with E-state index in [1.54, 1.807) is 0 Å². The average molecular weight is 289 g/mol. The number of fused-ring (bicyclic) bond motifs is 1. The Morgan fingerprint density at radius 3 is 2.57 bits per heavy atom. The van der Waals surface area contributed by atoms with Crippen LogP contribution in [-0.2, 0) is 6.42 Å². The highest BCUT2D eigenvalue weighted by Crippen LogP contribution is 2.29. The first-order valence-electron chi connectivity index (χ1n) is 8.82. The lowest BCUT2D eigenvalue weighted by Crippen LogP contribution is -2.38. The number of aliphatic hydroxyl groups is 1. The van der Waals surface area contributed by atoms with Crippen molar-refractivity contribution in [3.63, 3.8) is 0 Å². The number of nitrogens with one attached hydrogen (secondary N) is 1. The maximum atomic E-state index is 10.5. The van der Waals surface area contributed by atoms with Crippen LogP contribution in [-0.4, -0.2) is 17.7 Å². The Kier molecular flexibility index (Phi) is 7.25. The van der Waals surface area contributed by atoms with E-state index >= 15 is 0 Å². The first-order valence-corrected chi connectivity index (χ1v) is 8.82. The topological polar surface area (TPSA) is 32.3 Å². The van der Waals surface area contributed by atoms with Crippen LogP contribution >= 0.6 is 0 Å². The van der Waals surface area contributed by atoms with Gasteiger partial charge in [0.1, 0.15) is 0 Å². The van der Waals surface area contributed by atoms with Crippen LogP contribution in [0.25, 0.3) is 0 Å². The van der Waals surface area contributed by atoms with Gasteiger partial charge in [0.15, 0.2) is 0 Å². The molecule has 2 atom stereocenters. The fourth-order valence-electron chi connectivity index (χ4n) is 3.32. The Hall–Kier alpha value is -0.860. The zero-order chi connectivity index (χ0) is 14.9. The van der Waals surface area contributed by atoms with E-state index in [0.717, 1.165) is 24.9 Å². The summed E-state index contributed by atoms with van der Waals surface area (Å²) in [5.74, 6) is 0. The van der Waals surface area contributed by atoms with E-state index in [-0.39, 0.29) is 12.1 Å². The van der Waals surface area contributed by atoms with Gasteiger partial charge in [0.2, 0.25) is 0 Å². The Balaban J connectivity index is 1.62. The molecule has 0 bridgehead atoms. The lowest BCUT2D eigenvalue weighted by molar-refractivity contribution is 0.115. The molecule has 2 heteroatoms. The van der Waals surface area contributed by atoms with Crippen LogP contribution in [0.1, 0.15) is 75.5 Å². The number of rotatable bonds is 9. The van der Waals surface area contributed by atoms with Gasteiger partial charge in [-0.25, -0.2) is 0 Å². The predicted octanol–water partition coefficient (Wildman–Crippen LogP) is 4.38. The summed E-state index contributed by atoms with van der Waals surface area (Å²) >= 11 is 0. The van der Waals surface area contributed by atoms with Gasteiger partial charge in [-0.05, 0) is 36.9 Å². The van der Waals surface area contributed by atoms with Crippen molar-refractivity contribution in [2.24, 2.45) is 0 Å². The minimum Gasteiger partial charge on any atom is -0.387 e. The summed E-state index contributed by atoms with van der Waals surface area (Å²) in [5, 5.41) is 14.0. The van der Waals surface area contributed by atoms with E-state index in [9.17, 15) is 5.11 Å². The van der Waals surface area contributed by atoms with Crippen molar-refractivity contribution in [3.05, 3.63) is 35.4 Å². The molecule has 118 valence electrons. The molecule has 0 heterocycles. The van der Waals surface area contributed by atoms with Gasteiger partial charge < -0.3 is 10.4 Å². The van der Waals surface area contributed by atoms with Crippen LogP contribution < -0.4 is 5.32 Å². The molecule has 2 rings (SSSR count). The van der Waals surface area contributed by atoms with Gasteiger partial charge in [0, 0.05) is 6.04 Å². The molecule has 0 radical (unpaired) electrons. The number of aliphatic hydroxyl groups excluding tert-OH is 1. The molecule has 2 nitrogen and oxygen atoms in total. The quantitative estimate of drug-likeness (QED) is 0.661. The molecule has 0 fully saturated rings. The third-order valence-corrected chi connectivity index (χ3v) is 4.67. The largest absolute Gasteiger partial charge is 0.387 e. The lowest BCUT2D eigenvalue weighted by atomic mass is 9.86. The third-order valence-electron chi connectivity index (χ3n) is 4.67. The molecule has 1 aliphatic carbocycles. The molecular weight excluding hydrogens is 258 g/mol. The van der Waals surface area contributed by atoms with Gasteiger partial charge in [-0.2, -0.15) is 0 Å². The van der Waals surface area contributed by atoms with Crippen molar-refractivity contribution in [1.82, 2.24) is 5.32 Å². The van der Waals surface area contributed by atoms with E-state index in [2.05, 4.69) is 30.4 Å². The molecule has 2 unspecified atom stereocenters. The van der Waals surface area contributed by atoms with Gasteiger partial charge >= 0.3 is 0 Å². The summed E-state index contributed by atoms with van der Waals surface area (Å²) in [5.41, 5.74) is 2.44. The van der Waals surface area contributed by atoms with Crippen LogP contribution in [0, 0.1) is 0 Å². The fraction of sp³-hybridized carbons (Fsp3) is 0.684. The average Bonchev–Trinajstić information content (AvgIpc) is 2.52. The fourth-order valence-corrected chi connectivity index (χ4v) is 3.32. The van der Waals surface area contributed by atoms with E-state index < -0.39 is 0 Å². The molecule has 2 N–H and O–H groups in total. The van der Waals surface area contributed by atoms with Crippen molar-refractivity contribution >= 4 is 0 Å². The number of benzene rings is 1. The zero-order valence-corrected chi connectivity index (χ0v) is 13.5. The van der Waals surface area contributed by atoms with Crippen molar-refractivity contribution in [2.45, 2.75) is 76.9 Å². The highest BCUT2D eigenvalue weighted by Gasteiger charge is 2.26. The first-order chi connectivity index (χ1) is 10.3. The number of aryl methyl sites for hydroxylation is 1. The predicted molar refractivity (Wildman–Crippen MR) is 89.5 cm³/mol. The van der Waals surface area contributed by atoms with Gasteiger partial charge in [-0.1, -0.05) is 69.7 Å². The summed E-state index contributed by atoms with van der Waals surface area (Å²) in [6.07, 6.45) is 11.2. The van der Waals surface area contributed by atoms with E-state index in [0.29, 0.717) is 0 Å². The van der Waals surface area contributed by atoms with Crippen molar-refractivity contribution in [2.75, 3.05) is 6.54 Å². The highest BCUT2D eigenvalue weighted by atomic mass is 16.3. The second-order valence-electron chi connectivity index (χ2n) is 6.36. The minimum absolute atomic E-state index is 0.236. The summed E-state index contributed by atoms with van der Waals surface area (Å²) in [6.45, 7) is 3.30. The Labute approximate surface area is 130 Å². The Bertz CT molecular complexity index is 404. The number of hydrogen-bond acceptors (Lipinski definition) is 2. The molecule has 0 aliphatic heterocycles. The maximum Gasteiger partial charge on any atom is 0.0945 e. The second-order valence-corrected chi connectivity index (χ2v) is 6.36. The molecule has 1 aromatic carbocycles.